The van der Waals surface area contributed by atoms with Gasteiger partial charge in [-0.15, -0.1) is 0 Å². The number of nitrogens with one attached hydrogen (secondary N) is 1. The molecule has 1 heterocycles. The Kier molecular flexibility index (Phi) is 5.62. The van der Waals surface area contributed by atoms with Crippen LogP contribution in [0.2, 0.25) is 0 Å². The number of ketones is 1. The molecule has 0 unspecified atom stereocenters. The van der Waals surface area contributed by atoms with Crippen LogP contribution < -0.4 is 5.32 Å². The van der Waals surface area contributed by atoms with Crippen molar-refractivity contribution >= 4 is 39.6 Å². The molecule has 8 heteroatoms. The molecule has 0 aromatic heterocycles. The Morgan fingerprint density at radius 3 is 2.36 bits per heavy atom. The number of urea groups is 1. The van der Waals surface area contributed by atoms with Crippen molar-refractivity contribution in [2.24, 2.45) is 0 Å². The van der Waals surface area contributed by atoms with Crippen molar-refractivity contribution in [2.75, 3.05) is 6.54 Å². The molecule has 1 aliphatic rings. The molecule has 0 spiro atoms. The van der Waals surface area contributed by atoms with E-state index in [0.717, 1.165) is 9.37 Å². The maximum Gasteiger partial charge on any atom is 0.325 e. The van der Waals surface area contributed by atoms with Gasteiger partial charge in [0.15, 0.2) is 6.10 Å². The van der Waals surface area contributed by atoms with Crippen molar-refractivity contribution in [2.45, 2.75) is 38.8 Å². The maximum absolute atomic E-state index is 12.2. The highest BCUT2D eigenvalue weighted by molar-refractivity contribution is 9.10. The summed E-state index contributed by atoms with van der Waals surface area (Å²) in [4.78, 5) is 48.9. The van der Waals surface area contributed by atoms with Crippen molar-refractivity contribution in [1.29, 1.82) is 0 Å². The third kappa shape index (κ3) is 4.45. The predicted molar refractivity (Wildman–Crippen MR) is 93.0 cm³/mol. The van der Waals surface area contributed by atoms with E-state index in [9.17, 15) is 19.2 Å². The summed E-state index contributed by atoms with van der Waals surface area (Å²) in [5, 5.41) is 2.53. The number of hydrogen-bond donors (Lipinski definition) is 1. The van der Waals surface area contributed by atoms with E-state index in [-0.39, 0.29) is 18.7 Å². The molecule has 7 nitrogen and oxygen atoms in total. The average Bonchev–Trinajstić information content (AvgIpc) is 2.73. The molecule has 1 aromatic rings. The van der Waals surface area contributed by atoms with Crippen molar-refractivity contribution < 1.29 is 23.9 Å². The lowest BCUT2D eigenvalue weighted by Gasteiger charge is -2.16. The minimum absolute atomic E-state index is 0.0911. The lowest BCUT2D eigenvalue weighted by atomic mass is 10.1. The summed E-state index contributed by atoms with van der Waals surface area (Å²) in [6.45, 7) is 4.57. The number of carbonyl (C=O) groups excluding carboxylic acids is 4. The van der Waals surface area contributed by atoms with Crippen LogP contribution >= 0.6 is 15.9 Å². The van der Waals surface area contributed by atoms with Gasteiger partial charge in [0.1, 0.15) is 5.54 Å². The van der Waals surface area contributed by atoms with Crippen LogP contribution in [0.25, 0.3) is 0 Å². The van der Waals surface area contributed by atoms with Gasteiger partial charge in [-0.25, -0.2) is 4.79 Å². The van der Waals surface area contributed by atoms with Crippen LogP contribution in [0.15, 0.2) is 28.7 Å². The number of halogens is 1. The highest BCUT2D eigenvalue weighted by atomic mass is 79.9. The molecule has 1 aliphatic heterocycles. The highest BCUT2D eigenvalue weighted by Crippen LogP contribution is 2.17. The van der Waals surface area contributed by atoms with E-state index in [1.807, 2.05) is 0 Å². The number of hydrogen-bond acceptors (Lipinski definition) is 5. The van der Waals surface area contributed by atoms with Crippen molar-refractivity contribution in [3.8, 4) is 0 Å². The first-order valence-corrected chi connectivity index (χ1v) is 8.54. The number of Topliss-reactive ketones (excluding diaryl/α,β-unsaturated/α-hetero) is 1. The minimum atomic E-state index is -0.980. The Balaban J connectivity index is 1.87. The summed E-state index contributed by atoms with van der Waals surface area (Å²) in [6, 6.07) is 6.17. The molecule has 1 N–H and O–H groups in total. The number of benzene rings is 1. The van der Waals surface area contributed by atoms with Crippen LogP contribution in [0.4, 0.5) is 4.79 Å². The molecule has 0 bridgehead atoms. The van der Waals surface area contributed by atoms with Crippen LogP contribution in [-0.2, 0) is 14.3 Å². The first-order valence-electron chi connectivity index (χ1n) is 7.75. The van der Waals surface area contributed by atoms with Crippen LogP contribution in [0.5, 0.6) is 0 Å². The van der Waals surface area contributed by atoms with E-state index in [1.165, 1.54) is 6.92 Å². The molecule has 1 saturated heterocycles. The number of nitrogens with zero attached hydrogens (tertiary/aromatic N) is 1. The van der Waals surface area contributed by atoms with Gasteiger partial charge in [-0.3, -0.25) is 19.3 Å². The van der Waals surface area contributed by atoms with Crippen molar-refractivity contribution in [1.82, 2.24) is 10.2 Å². The van der Waals surface area contributed by atoms with E-state index in [2.05, 4.69) is 21.2 Å². The highest BCUT2D eigenvalue weighted by Gasteiger charge is 2.44. The zero-order valence-corrected chi connectivity index (χ0v) is 15.8. The lowest BCUT2D eigenvalue weighted by molar-refractivity contribution is -0.146. The van der Waals surface area contributed by atoms with Crippen LogP contribution in [-0.4, -0.2) is 46.8 Å². The van der Waals surface area contributed by atoms with Crippen LogP contribution in [0.1, 0.15) is 37.6 Å². The molecule has 0 aliphatic carbocycles. The summed E-state index contributed by atoms with van der Waals surface area (Å²) < 4.78 is 5.95. The first-order chi connectivity index (χ1) is 11.6. The molecule has 2 rings (SSSR count). The predicted octanol–water partition coefficient (Wildman–Crippen LogP) is 2.28. The van der Waals surface area contributed by atoms with Crippen molar-refractivity contribution in [3.63, 3.8) is 0 Å². The summed E-state index contributed by atoms with van der Waals surface area (Å²) in [7, 11) is 0. The number of amides is 3. The molecule has 25 heavy (non-hydrogen) atoms. The SMILES string of the molecule is C[C@@H](OC(=O)CCN1C(=O)NC(C)(C)C1=O)C(=O)c1ccc(Br)cc1. The molecular formula is C17H19BrN2O5. The van der Waals surface area contributed by atoms with Gasteiger partial charge in [0.2, 0.25) is 5.78 Å². The normalized spacial score (nSPS) is 17.2. The monoisotopic (exact) mass is 410 g/mol. The molecule has 134 valence electrons. The second-order valence-electron chi connectivity index (χ2n) is 6.27. The number of imide groups is 1. The summed E-state index contributed by atoms with van der Waals surface area (Å²) >= 11 is 3.28. The Morgan fingerprint density at radius 1 is 1.24 bits per heavy atom. The minimum Gasteiger partial charge on any atom is -0.454 e. The van der Waals surface area contributed by atoms with E-state index < -0.39 is 29.6 Å². The first kappa shape index (κ1) is 19.1. The van der Waals surface area contributed by atoms with E-state index in [1.54, 1.807) is 38.1 Å². The standard InChI is InChI=1S/C17H19BrN2O5/c1-10(14(22)11-4-6-12(18)7-5-11)25-13(21)8-9-20-15(23)17(2,3)19-16(20)24/h4-7,10H,8-9H2,1-3H3,(H,19,24)/t10-/m1/s1. The summed E-state index contributed by atoms with van der Waals surface area (Å²) in [5.41, 5.74) is -0.550. The fourth-order valence-corrected chi connectivity index (χ4v) is 2.65. The Hall–Kier alpha value is -2.22. The molecule has 3 amide bonds. The number of rotatable bonds is 6. The maximum atomic E-state index is 12.2. The van der Waals surface area contributed by atoms with Gasteiger partial charge >= 0.3 is 12.0 Å². The second-order valence-corrected chi connectivity index (χ2v) is 7.18. The quantitative estimate of drug-likeness (QED) is 0.441. The smallest absolute Gasteiger partial charge is 0.325 e. The summed E-state index contributed by atoms with van der Waals surface area (Å²) in [6.07, 6.45) is -1.12. The van der Waals surface area contributed by atoms with E-state index in [0.29, 0.717) is 5.56 Å². The number of ether oxygens (including phenoxy) is 1. The number of carbonyl (C=O) groups is 4. The zero-order chi connectivity index (χ0) is 18.8. The Bertz CT molecular complexity index is 714. The average molecular weight is 411 g/mol. The van der Waals surface area contributed by atoms with Crippen molar-refractivity contribution in [3.05, 3.63) is 34.3 Å². The molecule has 1 atom stereocenters. The van der Waals surface area contributed by atoms with Gasteiger partial charge in [0.05, 0.1) is 6.42 Å². The fraction of sp³-hybridized carbons (Fsp3) is 0.412. The van der Waals surface area contributed by atoms with E-state index >= 15 is 0 Å². The van der Waals surface area contributed by atoms with Gasteiger partial charge in [-0.1, -0.05) is 28.1 Å². The largest absolute Gasteiger partial charge is 0.454 e. The molecule has 0 saturated carbocycles. The zero-order valence-electron chi connectivity index (χ0n) is 14.2. The van der Waals surface area contributed by atoms with Gasteiger partial charge in [0.25, 0.3) is 5.91 Å². The van der Waals surface area contributed by atoms with Crippen LogP contribution in [0, 0.1) is 0 Å². The summed E-state index contributed by atoms with van der Waals surface area (Å²) in [5.74, 6) is -1.37. The Morgan fingerprint density at radius 2 is 1.84 bits per heavy atom. The van der Waals surface area contributed by atoms with Gasteiger partial charge in [-0.2, -0.15) is 0 Å². The van der Waals surface area contributed by atoms with Gasteiger partial charge < -0.3 is 10.1 Å². The number of esters is 1. The second kappa shape index (κ2) is 7.35. The lowest BCUT2D eigenvalue weighted by Crippen LogP contribution is -2.40. The molecule has 1 fully saturated rings. The molecule has 1 aromatic carbocycles. The Labute approximate surface area is 153 Å². The topological polar surface area (TPSA) is 92.8 Å². The van der Waals surface area contributed by atoms with Gasteiger partial charge in [-0.05, 0) is 32.9 Å². The third-order valence-corrected chi connectivity index (χ3v) is 4.32. The molecule has 0 radical (unpaired) electrons. The molecular weight excluding hydrogens is 392 g/mol. The third-order valence-electron chi connectivity index (χ3n) is 3.79. The van der Waals surface area contributed by atoms with Crippen LogP contribution in [0.3, 0.4) is 0 Å². The van der Waals surface area contributed by atoms with E-state index in [4.69, 9.17) is 4.74 Å². The van der Waals surface area contributed by atoms with Gasteiger partial charge in [0, 0.05) is 16.6 Å². The fourth-order valence-electron chi connectivity index (χ4n) is 2.38.